The summed E-state index contributed by atoms with van der Waals surface area (Å²) in [4.78, 5) is 15.6. The number of hydrogen-bond acceptors (Lipinski definition) is 4. The second-order valence-electron chi connectivity index (χ2n) is 12.2. The Balaban J connectivity index is 1.25. The van der Waals surface area contributed by atoms with E-state index >= 15 is 0 Å². The van der Waals surface area contributed by atoms with Gasteiger partial charge >= 0.3 is 0 Å². The Morgan fingerprint density at radius 3 is 2.63 bits per heavy atom. The first-order valence-corrected chi connectivity index (χ1v) is 14.3. The number of amides is 1. The third-order valence-electron chi connectivity index (χ3n) is 9.67. The Bertz CT molecular complexity index is 1610. The van der Waals surface area contributed by atoms with Gasteiger partial charge in [0, 0.05) is 47.8 Å². The topological polar surface area (TPSA) is 77.8 Å². The Labute approximate surface area is 222 Å². The van der Waals surface area contributed by atoms with Gasteiger partial charge in [-0.05, 0) is 87.0 Å². The fourth-order valence-corrected chi connectivity index (χ4v) is 7.14. The number of carbonyl (C=O) groups excluding carboxylic acids is 1. The SMILES string of the molecule is COc1cc(C(=O)N2CC3CCC2[C@@H]3N)cn2nc(-c3cc4ccc(C5CC5)cc4n3CC3CC3)c(C)c12. The summed E-state index contributed by atoms with van der Waals surface area (Å²) in [7, 11) is 1.67. The molecule has 196 valence electrons. The molecule has 7 heteroatoms. The zero-order valence-electron chi connectivity index (χ0n) is 22.2. The number of methoxy groups -OCH3 is 1. The lowest BCUT2D eigenvalue weighted by molar-refractivity contribution is 0.0699. The molecular formula is C31H35N5O2. The molecule has 4 aromatic rings. The van der Waals surface area contributed by atoms with Crippen LogP contribution >= 0.6 is 0 Å². The van der Waals surface area contributed by atoms with Crippen LogP contribution in [0.5, 0.6) is 5.75 Å². The number of hydrogen-bond donors (Lipinski definition) is 1. The van der Waals surface area contributed by atoms with Gasteiger partial charge in [0.25, 0.3) is 5.91 Å². The van der Waals surface area contributed by atoms with E-state index in [1.807, 2.05) is 21.7 Å². The van der Waals surface area contributed by atoms with Crippen LogP contribution in [0.4, 0.5) is 0 Å². The molecule has 2 unspecified atom stereocenters. The second kappa shape index (κ2) is 8.09. The number of fused-ring (bicyclic) bond motifs is 4. The van der Waals surface area contributed by atoms with Gasteiger partial charge in [0.05, 0.1) is 18.4 Å². The van der Waals surface area contributed by atoms with Crippen molar-refractivity contribution in [2.45, 2.75) is 70.0 Å². The highest BCUT2D eigenvalue weighted by Gasteiger charge is 2.47. The van der Waals surface area contributed by atoms with Crippen LogP contribution in [0.15, 0.2) is 36.5 Å². The summed E-state index contributed by atoms with van der Waals surface area (Å²) >= 11 is 0. The van der Waals surface area contributed by atoms with Crippen LogP contribution in [-0.4, -0.2) is 50.7 Å². The van der Waals surface area contributed by atoms with Crippen molar-refractivity contribution in [2.75, 3.05) is 13.7 Å². The fourth-order valence-electron chi connectivity index (χ4n) is 7.14. The van der Waals surface area contributed by atoms with E-state index < -0.39 is 0 Å². The molecule has 1 aliphatic heterocycles. The molecule has 8 rings (SSSR count). The first-order chi connectivity index (χ1) is 18.5. The van der Waals surface area contributed by atoms with Gasteiger partial charge < -0.3 is 19.9 Å². The van der Waals surface area contributed by atoms with E-state index in [9.17, 15) is 4.79 Å². The molecule has 1 amide bonds. The van der Waals surface area contributed by atoms with Gasteiger partial charge in [-0.3, -0.25) is 4.79 Å². The Hall–Kier alpha value is -3.32. The molecule has 4 fully saturated rings. The molecule has 0 spiro atoms. The van der Waals surface area contributed by atoms with Crippen molar-refractivity contribution in [3.8, 4) is 17.1 Å². The minimum Gasteiger partial charge on any atom is -0.494 e. The van der Waals surface area contributed by atoms with Crippen LogP contribution in [0.1, 0.15) is 65.9 Å². The van der Waals surface area contributed by atoms with Crippen LogP contribution in [0.2, 0.25) is 0 Å². The van der Waals surface area contributed by atoms with Gasteiger partial charge in [-0.15, -0.1) is 0 Å². The largest absolute Gasteiger partial charge is 0.494 e. The van der Waals surface area contributed by atoms with Crippen molar-refractivity contribution < 1.29 is 9.53 Å². The number of nitrogens with two attached hydrogens (primary N) is 1. The lowest BCUT2D eigenvalue weighted by Gasteiger charge is -2.27. The van der Waals surface area contributed by atoms with Crippen molar-refractivity contribution in [2.24, 2.45) is 17.6 Å². The summed E-state index contributed by atoms with van der Waals surface area (Å²) < 4.78 is 10.2. The van der Waals surface area contributed by atoms with Crippen LogP contribution in [0.3, 0.4) is 0 Å². The fraction of sp³-hybridized carbons (Fsp3) is 0.484. The maximum absolute atomic E-state index is 13.6. The number of rotatable bonds is 6. The van der Waals surface area contributed by atoms with Gasteiger partial charge in [0.1, 0.15) is 17.0 Å². The van der Waals surface area contributed by atoms with Crippen molar-refractivity contribution in [3.63, 3.8) is 0 Å². The predicted octanol–water partition coefficient (Wildman–Crippen LogP) is 5.12. The quantitative estimate of drug-likeness (QED) is 0.391. The van der Waals surface area contributed by atoms with Crippen molar-refractivity contribution in [1.29, 1.82) is 0 Å². The number of nitrogens with zero attached hydrogens (tertiary/aromatic N) is 4. The molecule has 2 N–H and O–H groups in total. The number of pyridine rings is 1. The summed E-state index contributed by atoms with van der Waals surface area (Å²) in [5.41, 5.74) is 13.9. The number of ether oxygens (including phenoxy) is 1. The molecule has 7 nitrogen and oxygen atoms in total. The van der Waals surface area contributed by atoms with Crippen molar-refractivity contribution in [1.82, 2.24) is 19.1 Å². The average molecular weight is 510 g/mol. The van der Waals surface area contributed by atoms with Crippen molar-refractivity contribution in [3.05, 3.63) is 53.2 Å². The number of benzene rings is 1. The number of likely N-dealkylation sites (tertiary alicyclic amines) is 1. The molecule has 3 aliphatic carbocycles. The summed E-state index contributed by atoms with van der Waals surface area (Å²) in [6.07, 6.45) is 9.21. The molecule has 1 aromatic carbocycles. The summed E-state index contributed by atoms with van der Waals surface area (Å²) in [5.74, 6) is 2.60. The zero-order chi connectivity index (χ0) is 25.7. The number of aryl methyl sites for hydroxylation is 1. The predicted molar refractivity (Wildman–Crippen MR) is 148 cm³/mol. The summed E-state index contributed by atoms with van der Waals surface area (Å²) in [6, 6.07) is 11.4. The van der Waals surface area contributed by atoms with Gasteiger partial charge in [-0.1, -0.05) is 12.1 Å². The number of piperidine rings is 1. The van der Waals surface area contributed by atoms with Gasteiger partial charge in [0.15, 0.2) is 0 Å². The minimum atomic E-state index is 0.0259. The summed E-state index contributed by atoms with van der Waals surface area (Å²) in [5, 5.41) is 6.37. The first kappa shape index (κ1) is 22.6. The zero-order valence-corrected chi connectivity index (χ0v) is 22.2. The highest BCUT2D eigenvalue weighted by Crippen LogP contribution is 2.43. The Morgan fingerprint density at radius 2 is 1.95 bits per heavy atom. The molecule has 1 saturated heterocycles. The molecule has 4 aliphatic rings. The van der Waals surface area contributed by atoms with Gasteiger partial charge in [-0.2, -0.15) is 5.10 Å². The minimum absolute atomic E-state index is 0.0259. The lowest BCUT2D eigenvalue weighted by atomic mass is 10.1. The Kier molecular flexibility index (Phi) is 4.82. The maximum atomic E-state index is 13.6. The number of aromatic nitrogens is 3. The number of carbonyl (C=O) groups is 1. The normalized spacial score (nSPS) is 24.7. The smallest absolute Gasteiger partial charge is 0.255 e. The summed E-state index contributed by atoms with van der Waals surface area (Å²) in [6.45, 7) is 3.90. The van der Waals surface area contributed by atoms with E-state index in [1.165, 1.54) is 42.1 Å². The molecule has 38 heavy (non-hydrogen) atoms. The molecule has 3 saturated carbocycles. The maximum Gasteiger partial charge on any atom is 0.255 e. The monoisotopic (exact) mass is 509 g/mol. The van der Waals surface area contributed by atoms with Crippen LogP contribution in [0, 0.1) is 18.8 Å². The standard InChI is InChI=1S/C31H35N5O2/c1-17-29(26-12-21-8-7-20(19-5-6-19)11-25(21)34(26)14-18-3-4-18)33-36-16-23(13-27(38-2)30(17)36)31(37)35-15-22-9-10-24(35)28(22)32/h7-8,11-13,16,18-19,22,24,28H,3-6,9-10,14-15,32H2,1-2H3/t22?,24?,28-/m1/s1. The van der Waals surface area contributed by atoms with E-state index in [-0.39, 0.29) is 18.0 Å². The lowest BCUT2D eigenvalue weighted by Crippen LogP contribution is -2.41. The van der Waals surface area contributed by atoms with Crippen LogP contribution in [-0.2, 0) is 6.54 Å². The van der Waals surface area contributed by atoms with E-state index in [0.29, 0.717) is 17.2 Å². The second-order valence-corrected chi connectivity index (χ2v) is 12.2. The van der Waals surface area contributed by atoms with Crippen LogP contribution < -0.4 is 10.5 Å². The third-order valence-corrected chi connectivity index (χ3v) is 9.67. The van der Waals surface area contributed by atoms with Gasteiger partial charge in [-0.25, -0.2) is 4.52 Å². The third kappa shape index (κ3) is 3.37. The first-order valence-electron chi connectivity index (χ1n) is 14.3. The highest BCUT2D eigenvalue weighted by molar-refractivity contribution is 5.96. The molecule has 3 atom stereocenters. The van der Waals surface area contributed by atoms with E-state index in [2.05, 4.69) is 35.8 Å². The highest BCUT2D eigenvalue weighted by atomic mass is 16.5. The van der Waals surface area contributed by atoms with Crippen molar-refractivity contribution >= 4 is 22.3 Å². The van der Waals surface area contributed by atoms with E-state index in [1.54, 1.807) is 7.11 Å². The molecule has 3 aromatic heterocycles. The van der Waals surface area contributed by atoms with Gasteiger partial charge in [0.2, 0.25) is 0 Å². The van der Waals surface area contributed by atoms with E-state index in [4.69, 9.17) is 15.6 Å². The average Bonchev–Trinajstić information content (AvgIpc) is 3.84. The molecule has 0 radical (unpaired) electrons. The van der Waals surface area contributed by atoms with E-state index in [0.717, 1.165) is 60.2 Å². The molecular weight excluding hydrogens is 474 g/mol. The molecule has 4 heterocycles. The Morgan fingerprint density at radius 1 is 1.11 bits per heavy atom. The molecule has 2 bridgehead atoms. The van der Waals surface area contributed by atoms with Crippen LogP contribution in [0.25, 0.3) is 27.8 Å².